The highest BCUT2D eigenvalue weighted by Crippen LogP contribution is 2.32. The molecule has 0 bridgehead atoms. The molecule has 4 aromatic rings. The Morgan fingerprint density at radius 3 is 2.79 bits per heavy atom. The lowest BCUT2D eigenvalue weighted by Gasteiger charge is -2.11. The fraction of sp³-hybridized carbons (Fsp3) is 0.300. The third-order valence-corrected chi connectivity index (χ3v) is 6.28. The number of amides is 1. The smallest absolute Gasteiger partial charge is 0.274 e. The maximum Gasteiger partial charge on any atom is 0.274 e. The van der Waals surface area contributed by atoms with Gasteiger partial charge in [0.2, 0.25) is 0 Å². The number of H-pyrrole nitrogens is 1. The first-order chi connectivity index (χ1) is 14.0. The van der Waals surface area contributed by atoms with Crippen molar-refractivity contribution in [3.8, 4) is 0 Å². The van der Waals surface area contributed by atoms with E-state index in [0.717, 1.165) is 28.4 Å². The van der Waals surface area contributed by atoms with Crippen LogP contribution in [0.4, 0.5) is 10.8 Å². The predicted octanol–water partition coefficient (Wildman–Crippen LogP) is 3.03. The topological polar surface area (TPSA) is 95.9 Å². The first kappa shape index (κ1) is 17.9. The number of aromatic amines is 1. The van der Waals surface area contributed by atoms with E-state index < -0.39 is 0 Å². The van der Waals surface area contributed by atoms with Gasteiger partial charge in [-0.05, 0) is 44.0 Å². The summed E-state index contributed by atoms with van der Waals surface area (Å²) in [5.41, 5.74) is 2.73. The summed E-state index contributed by atoms with van der Waals surface area (Å²) in [6.07, 6.45) is 2.41. The van der Waals surface area contributed by atoms with E-state index in [1.54, 1.807) is 31.4 Å². The highest BCUT2D eigenvalue weighted by Gasteiger charge is 2.19. The molecule has 9 heteroatoms. The van der Waals surface area contributed by atoms with Crippen LogP contribution in [0.3, 0.4) is 0 Å². The van der Waals surface area contributed by atoms with Crippen LogP contribution < -0.4 is 15.8 Å². The number of hydrogen-bond acceptors (Lipinski definition) is 6. The van der Waals surface area contributed by atoms with Crippen LogP contribution in [0.2, 0.25) is 0 Å². The van der Waals surface area contributed by atoms with Crippen molar-refractivity contribution in [1.29, 1.82) is 0 Å². The molecule has 0 spiro atoms. The van der Waals surface area contributed by atoms with E-state index in [2.05, 4.69) is 20.3 Å². The highest BCUT2D eigenvalue weighted by molar-refractivity contribution is 7.22. The van der Waals surface area contributed by atoms with E-state index >= 15 is 0 Å². The van der Waals surface area contributed by atoms with E-state index in [1.807, 2.05) is 18.2 Å². The van der Waals surface area contributed by atoms with Crippen molar-refractivity contribution < 1.29 is 4.79 Å². The van der Waals surface area contributed by atoms with Crippen LogP contribution in [0.1, 0.15) is 28.9 Å². The minimum absolute atomic E-state index is 0.297. The molecule has 8 nitrogen and oxygen atoms in total. The molecule has 0 unspecified atom stereocenters. The summed E-state index contributed by atoms with van der Waals surface area (Å²) in [6.45, 7) is 3.90. The van der Waals surface area contributed by atoms with Crippen molar-refractivity contribution in [2.75, 3.05) is 23.3 Å². The number of carbonyl (C=O) groups is 1. The molecule has 148 valence electrons. The zero-order valence-electron chi connectivity index (χ0n) is 16.2. The molecule has 0 atom stereocenters. The van der Waals surface area contributed by atoms with Gasteiger partial charge in [0.25, 0.3) is 11.5 Å². The molecule has 0 radical (unpaired) electrons. The average Bonchev–Trinajstić information content (AvgIpc) is 3.40. The van der Waals surface area contributed by atoms with Crippen molar-refractivity contribution in [3.05, 3.63) is 45.9 Å². The Morgan fingerprint density at radius 1 is 1.21 bits per heavy atom. The molecule has 1 saturated heterocycles. The molecule has 1 aliphatic rings. The number of hydrogen-bond donors (Lipinski definition) is 2. The molecular formula is C20H20N6O2S. The van der Waals surface area contributed by atoms with Crippen molar-refractivity contribution in [1.82, 2.24) is 19.7 Å². The van der Waals surface area contributed by atoms with Gasteiger partial charge in [0.05, 0.1) is 21.2 Å². The van der Waals surface area contributed by atoms with Crippen molar-refractivity contribution in [2.24, 2.45) is 7.05 Å². The molecule has 4 heterocycles. The molecule has 1 amide bonds. The van der Waals surface area contributed by atoms with Gasteiger partial charge in [-0.25, -0.2) is 9.97 Å². The predicted molar refractivity (Wildman–Crippen MR) is 115 cm³/mol. The second-order valence-electron chi connectivity index (χ2n) is 7.34. The van der Waals surface area contributed by atoms with Gasteiger partial charge in [0.1, 0.15) is 0 Å². The van der Waals surface area contributed by atoms with Crippen LogP contribution in [0.25, 0.3) is 21.3 Å². The van der Waals surface area contributed by atoms with Crippen LogP contribution in [-0.4, -0.2) is 38.7 Å². The first-order valence-corrected chi connectivity index (χ1v) is 10.3. The number of anilines is 2. The standard InChI is InChI=1S/C20H20N6O2S/c1-11-9-13(16-17(21-11)25(2)24-19(16)28)18(27)22-12-5-6-14-15(10-12)29-20(23-14)26-7-3-4-8-26/h5-6,9-10H,3-4,7-8H2,1-2H3,(H,22,27)(H,24,28). The number of nitrogens with zero attached hydrogens (tertiary/aromatic N) is 4. The fourth-order valence-corrected chi connectivity index (χ4v) is 4.85. The monoisotopic (exact) mass is 408 g/mol. The third kappa shape index (κ3) is 3.07. The fourth-order valence-electron chi connectivity index (χ4n) is 3.80. The van der Waals surface area contributed by atoms with E-state index in [9.17, 15) is 9.59 Å². The van der Waals surface area contributed by atoms with Gasteiger partial charge in [0, 0.05) is 31.5 Å². The SMILES string of the molecule is Cc1cc(C(=O)Nc2ccc3nc(N4CCCC4)sc3c2)c2c(=O)[nH]n(C)c2n1. The van der Waals surface area contributed by atoms with Gasteiger partial charge in [-0.2, -0.15) is 0 Å². The Balaban J connectivity index is 1.48. The number of fused-ring (bicyclic) bond motifs is 2. The number of aryl methyl sites for hydroxylation is 2. The van der Waals surface area contributed by atoms with E-state index in [4.69, 9.17) is 4.98 Å². The van der Waals surface area contributed by atoms with Crippen LogP contribution in [-0.2, 0) is 7.05 Å². The molecule has 2 N–H and O–H groups in total. The van der Waals surface area contributed by atoms with Crippen molar-refractivity contribution in [2.45, 2.75) is 19.8 Å². The maximum atomic E-state index is 13.0. The molecule has 3 aromatic heterocycles. The summed E-state index contributed by atoms with van der Waals surface area (Å²) in [4.78, 5) is 36.6. The van der Waals surface area contributed by atoms with Crippen LogP contribution in [0, 0.1) is 6.92 Å². The molecule has 29 heavy (non-hydrogen) atoms. The lowest BCUT2D eigenvalue weighted by Crippen LogP contribution is -2.16. The Labute approximate surface area is 170 Å². The number of carbonyl (C=O) groups excluding carboxylic acids is 1. The zero-order valence-corrected chi connectivity index (χ0v) is 17.0. The van der Waals surface area contributed by atoms with E-state index in [-0.39, 0.29) is 11.5 Å². The summed E-state index contributed by atoms with van der Waals surface area (Å²) >= 11 is 1.64. The largest absolute Gasteiger partial charge is 0.348 e. The third-order valence-electron chi connectivity index (χ3n) is 5.20. The van der Waals surface area contributed by atoms with Gasteiger partial charge in [-0.15, -0.1) is 0 Å². The highest BCUT2D eigenvalue weighted by atomic mass is 32.1. The van der Waals surface area contributed by atoms with Gasteiger partial charge in [0.15, 0.2) is 10.8 Å². The van der Waals surface area contributed by atoms with E-state index in [0.29, 0.717) is 28.0 Å². The molecule has 5 rings (SSSR count). The first-order valence-electron chi connectivity index (χ1n) is 9.53. The van der Waals surface area contributed by atoms with Crippen LogP contribution in [0.15, 0.2) is 29.1 Å². The Morgan fingerprint density at radius 2 is 2.00 bits per heavy atom. The summed E-state index contributed by atoms with van der Waals surface area (Å²) < 4.78 is 2.56. The number of benzene rings is 1. The Kier molecular flexibility index (Phi) is 4.13. The molecule has 1 aliphatic heterocycles. The maximum absolute atomic E-state index is 13.0. The molecular weight excluding hydrogens is 388 g/mol. The quantitative estimate of drug-likeness (QED) is 0.543. The number of pyridine rings is 1. The van der Waals surface area contributed by atoms with Gasteiger partial charge >= 0.3 is 0 Å². The lowest BCUT2D eigenvalue weighted by molar-refractivity contribution is 0.102. The van der Waals surface area contributed by atoms with Gasteiger partial charge in [-0.3, -0.25) is 19.4 Å². The second-order valence-corrected chi connectivity index (χ2v) is 8.35. The van der Waals surface area contributed by atoms with Crippen molar-refractivity contribution in [3.63, 3.8) is 0 Å². The number of rotatable bonds is 3. The van der Waals surface area contributed by atoms with E-state index in [1.165, 1.54) is 17.5 Å². The van der Waals surface area contributed by atoms with Crippen LogP contribution in [0.5, 0.6) is 0 Å². The Bertz CT molecular complexity index is 1310. The molecule has 0 aliphatic carbocycles. The lowest BCUT2D eigenvalue weighted by atomic mass is 10.1. The molecule has 0 saturated carbocycles. The van der Waals surface area contributed by atoms with Gasteiger partial charge in [-0.1, -0.05) is 11.3 Å². The number of aromatic nitrogens is 4. The average molecular weight is 408 g/mol. The summed E-state index contributed by atoms with van der Waals surface area (Å²) in [5.74, 6) is -0.333. The minimum atomic E-state index is -0.333. The molecule has 1 aromatic carbocycles. The summed E-state index contributed by atoms with van der Waals surface area (Å²) in [6, 6.07) is 7.34. The molecule has 1 fully saturated rings. The zero-order chi connectivity index (χ0) is 20.1. The number of nitrogens with one attached hydrogen (secondary N) is 2. The minimum Gasteiger partial charge on any atom is -0.348 e. The summed E-state index contributed by atoms with van der Waals surface area (Å²) in [7, 11) is 1.70. The second kappa shape index (κ2) is 6.70. The van der Waals surface area contributed by atoms with Gasteiger partial charge < -0.3 is 10.2 Å². The number of thiazole rings is 1. The normalized spacial score (nSPS) is 14.2. The van der Waals surface area contributed by atoms with Crippen LogP contribution >= 0.6 is 11.3 Å². The van der Waals surface area contributed by atoms with Crippen molar-refractivity contribution >= 4 is 49.3 Å². The Hall–Kier alpha value is -3.20. The summed E-state index contributed by atoms with van der Waals surface area (Å²) in [5, 5.41) is 6.91.